The van der Waals surface area contributed by atoms with E-state index in [1.807, 2.05) is 4.90 Å². The Bertz CT molecular complexity index is 402. The van der Waals surface area contributed by atoms with Crippen LogP contribution in [0.15, 0.2) is 6.33 Å². The van der Waals surface area contributed by atoms with Crippen LogP contribution in [0.1, 0.15) is 26.7 Å². The van der Waals surface area contributed by atoms with Crippen LogP contribution in [0, 0.1) is 5.41 Å². The highest BCUT2D eigenvalue weighted by atomic mass is 16.2. The number of likely N-dealkylation sites (tertiary alicyclic amines) is 1. The summed E-state index contributed by atoms with van der Waals surface area (Å²) in [6.45, 7) is 6.37. The molecule has 2 heterocycles. The van der Waals surface area contributed by atoms with Gasteiger partial charge in [-0.3, -0.25) is 4.79 Å². The summed E-state index contributed by atoms with van der Waals surface area (Å²) < 4.78 is 1.48. The van der Waals surface area contributed by atoms with E-state index in [2.05, 4.69) is 23.9 Å². The molecule has 0 aliphatic carbocycles. The molecule has 1 aromatic heterocycles. The van der Waals surface area contributed by atoms with Crippen molar-refractivity contribution in [1.29, 1.82) is 0 Å². The van der Waals surface area contributed by atoms with Gasteiger partial charge in [0.2, 0.25) is 11.9 Å². The first kappa shape index (κ1) is 11.9. The lowest BCUT2D eigenvalue weighted by Gasteiger charge is -2.36. The summed E-state index contributed by atoms with van der Waals surface area (Å²) in [5.74, 6) is 0.294. The van der Waals surface area contributed by atoms with Gasteiger partial charge in [-0.2, -0.15) is 0 Å². The van der Waals surface area contributed by atoms with Crippen LogP contribution in [-0.4, -0.2) is 38.7 Å². The van der Waals surface area contributed by atoms with Gasteiger partial charge in [0, 0.05) is 13.1 Å². The minimum absolute atomic E-state index is 0.0883. The van der Waals surface area contributed by atoms with E-state index in [0.29, 0.717) is 5.41 Å². The van der Waals surface area contributed by atoms with Crippen LogP contribution in [0.25, 0.3) is 0 Å². The first-order valence-electron chi connectivity index (χ1n) is 5.89. The van der Waals surface area contributed by atoms with Gasteiger partial charge in [-0.25, -0.2) is 9.67 Å². The Labute approximate surface area is 101 Å². The Hall–Kier alpha value is -1.59. The zero-order valence-electron chi connectivity index (χ0n) is 10.4. The smallest absolute Gasteiger partial charge is 0.244 e. The molecule has 2 rings (SSSR count). The van der Waals surface area contributed by atoms with Gasteiger partial charge in [0.1, 0.15) is 12.9 Å². The molecular formula is C11H19N5O. The van der Waals surface area contributed by atoms with Crippen molar-refractivity contribution >= 4 is 11.9 Å². The van der Waals surface area contributed by atoms with E-state index in [-0.39, 0.29) is 18.4 Å². The number of anilines is 1. The van der Waals surface area contributed by atoms with Crippen LogP contribution in [0.3, 0.4) is 0 Å². The standard InChI is InChI=1S/C11H19N5O/c1-11(2)3-5-15(6-4-11)9(17)7-16-8-13-10(12)14-16/h8H,3-7H2,1-2H3,(H2,12,14). The van der Waals surface area contributed by atoms with Crippen molar-refractivity contribution in [2.75, 3.05) is 18.8 Å². The summed E-state index contributed by atoms with van der Waals surface area (Å²) in [4.78, 5) is 17.7. The number of hydrogen-bond donors (Lipinski definition) is 1. The molecular weight excluding hydrogens is 218 g/mol. The summed E-state index contributed by atoms with van der Waals surface area (Å²) in [7, 11) is 0. The van der Waals surface area contributed by atoms with Gasteiger partial charge in [0.15, 0.2) is 0 Å². The molecule has 94 valence electrons. The first-order valence-corrected chi connectivity index (χ1v) is 5.89. The summed E-state index contributed by atoms with van der Waals surface area (Å²) >= 11 is 0. The number of hydrogen-bond acceptors (Lipinski definition) is 4. The second-order valence-electron chi connectivity index (χ2n) is 5.35. The molecule has 1 aromatic rings. The molecule has 0 atom stereocenters. The quantitative estimate of drug-likeness (QED) is 0.813. The highest BCUT2D eigenvalue weighted by molar-refractivity contribution is 5.76. The van der Waals surface area contributed by atoms with Gasteiger partial charge in [-0.1, -0.05) is 13.8 Å². The molecule has 2 N–H and O–H groups in total. The predicted molar refractivity (Wildman–Crippen MR) is 64.0 cm³/mol. The van der Waals surface area contributed by atoms with E-state index in [9.17, 15) is 4.79 Å². The molecule has 6 nitrogen and oxygen atoms in total. The van der Waals surface area contributed by atoms with Gasteiger partial charge < -0.3 is 10.6 Å². The van der Waals surface area contributed by atoms with Gasteiger partial charge in [-0.15, -0.1) is 5.10 Å². The monoisotopic (exact) mass is 237 g/mol. The third-order valence-corrected chi connectivity index (χ3v) is 3.32. The summed E-state index contributed by atoms with van der Waals surface area (Å²) in [5.41, 5.74) is 5.76. The van der Waals surface area contributed by atoms with Crippen molar-refractivity contribution in [2.24, 2.45) is 5.41 Å². The van der Waals surface area contributed by atoms with E-state index >= 15 is 0 Å². The number of amides is 1. The van der Waals surface area contributed by atoms with E-state index < -0.39 is 0 Å². The molecule has 0 saturated carbocycles. The molecule has 17 heavy (non-hydrogen) atoms. The highest BCUT2D eigenvalue weighted by Gasteiger charge is 2.27. The Balaban J connectivity index is 1.89. The molecule has 6 heteroatoms. The molecule has 1 aliphatic heterocycles. The first-order chi connectivity index (χ1) is 7.96. The average molecular weight is 237 g/mol. The third kappa shape index (κ3) is 2.95. The minimum Gasteiger partial charge on any atom is -0.367 e. The summed E-state index contributed by atoms with van der Waals surface area (Å²) in [5, 5.41) is 3.91. The second kappa shape index (κ2) is 4.35. The fourth-order valence-corrected chi connectivity index (χ4v) is 1.99. The maximum Gasteiger partial charge on any atom is 0.244 e. The summed E-state index contributed by atoms with van der Waals surface area (Å²) in [6, 6.07) is 0. The van der Waals surface area contributed by atoms with Crippen molar-refractivity contribution in [2.45, 2.75) is 33.2 Å². The Kier molecular flexibility index (Phi) is 3.04. The number of carbonyl (C=O) groups is 1. The third-order valence-electron chi connectivity index (χ3n) is 3.32. The maximum absolute atomic E-state index is 12.0. The molecule has 1 amide bonds. The van der Waals surface area contributed by atoms with Crippen LogP contribution >= 0.6 is 0 Å². The van der Waals surface area contributed by atoms with Gasteiger partial charge >= 0.3 is 0 Å². The maximum atomic E-state index is 12.0. The minimum atomic E-state index is 0.0883. The lowest BCUT2D eigenvalue weighted by Crippen LogP contribution is -2.42. The van der Waals surface area contributed by atoms with Gasteiger partial charge in [-0.05, 0) is 18.3 Å². The zero-order chi connectivity index (χ0) is 12.5. The predicted octanol–water partition coefficient (Wildman–Crippen LogP) is 0.509. The van der Waals surface area contributed by atoms with E-state index in [0.717, 1.165) is 25.9 Å². The zero-order valence-corrected chi connectivity index (χ0v) is 10.4. The molecule has 1 fully saturated rings. The molecule has 1 aliphatic rings. The number of nitrogens with two attached hydrogens (primary N) is 1. The van der Waals surface area contributed by atoms with Crippen LogP contribution < -0.4 is 5.73 Å². The molecule has 0 aromatic carbocycles. The lowest BCUT2D eigenvalue weighted by molar-refractivity contribution is -0.134. The Morgan fingerprint density at radius 2 is 2.12 bits per heavy atom. The topological polar surface area (TPSA) is 77.0 Å². The average Bonchev–Trinajstić information content (AvgIpc) is 2.63. The molecule has 0 radical (unpaired) electrons. The van der Waals surface area contributed by atoms with Crippen molar-refractivity contribution in [1.82, 2.24) is 19.7 Å². The number of aromatic nitrogens is 3. The van der Waals surface area contributed by atoms with E-state index in [1.165, 1.54) is 11.0 Å². The van der Waals surface area contributed by atoms with Crippen molar-refractivity contribution in [3.05, 3.63) is 6.33 Å². The lowest BCUT2D eigenvalue weighted by atomic mass is 9.83. The fraction of sp³-hybridized carbons (Fsp3) is 0.727. The molecule has 0 spiro atoms. The Morgan fingerprint density at radius 3 is 2.65 bits per heavy atom. The van der Waals surface area contributed by atoms with E-state index in [1.54, 1.807) is 0 Å². The van der Waals surface area contributed by atoms with E-state index in [4.69, 9.17) is 5.73 Å². The van der Waals surface area contributed by atoms with Gasteiger partial charge in [0.05, 0.1) is 0 Å². The van der Waals surface area contributed by atoms with Crippen molar-refractivity contribution in [3.63, 3.8) is 0 Å². The second-order valence-corrected chi connectivity index (χ2v) is 5.35. The molecule has 0 bridgehead atoms. The number of nitrogens with zero attached hydrogens (tertiary/aromatic N) is 4. The molecule has 1 saturated heterocycles. The van der Waals surface area contributed by atoms with Crippen LogP contribution in [0.4, 0.5) is 5.95 Å². The van der Waals surface area contributed by atoms with Crippen molar-refractivity contribution < 1.29 is 4.79 Å². The Morgan fingerprint density at radius 1 is 1.47 bits per heavy atom. The fourth-order valence-electron chi connectivity index (χ4n) is 1.99. The number of rotatable bonds is 2. The van der Waals surface area contributed by atoms with Crippen LogP contribution in [-0.2, 0) is 11.3 Å². The van der Waals surface area contributed by atoms with Crippen molar-refractivity contribution in [3.8, 4) is 0 Å². The largest absolute Gasteiger partial charge is 0.367 e. The highest BCUT2D eigenvalue weighted by Crippen LogP contribution is 2.29. The number of piperidine rings is 1. The number of nitrogen functional groups attached to an aromatic ring is 1. The molecule has 0 unspecified atom stereocenters. The van der Waals surface area contributed by atoms with Crippen LogP contribution in [0.2, 0.25) is 0 Å². The normalized spacial score (nSPS) is 19.3. The summed E-state index contributed by atoms with van der Waals surface area (Å²) in [6.07, 6.45) is 3.59. The van der Waals surface area contributed by atoms with Gasteiger partial charge in [0.25, 0.3) is 0 Å². The number of carbonyl (C=O) groups excluding carboxylic acids is 1. The van der Waals surface area contributed by atoms with Crippen LogP contribution in [0.5, 0.6) is 0 Å². The SMILES string of the molecule is CC1(C)CCN(C(=O)Cn2cnc(N)n2)CC1.